The average molecular weight is 518 g/mol. The molecule has 0 spiro atoms. The van der Waals surface area contributed by atoms with Gasteiger partial charge in [0.25, 0.3) is 25.8 Å². The minimum Gasteiger partial charge on any atom is -0.476 e. The molecule has 1 aromatic heterocycles. The molecule has 0 radical (unpaired) electrons. The molecule has 1 heterocycles. The van der Waals surface area contributed by atoms with Crippen molar-refractivity contribution in [3.8, 4) is 5.69 Å². The average Bonchev–Trinajstić information content (AvgIpc) is 3.12. The van der Waals surface area contributed by atoms with E-state index in [1.165, 1.54) is 18.2 Å². The van der Waals surface area contributed by atoms with Crippen molar-refractivity contribution in [2.45, 2.75) is 9.79 Å². The molecule has 4 aromatic rings. The third-order valence-electron chi connectivity index (χ3n) is 4.87. The van der Waals surface area contributed by atoms with Gasteiger partial charge in [-0.25, -0.2) is 9.48 Å². The Labute approximate surface area is 196 Å². The van der Waals surface area contributed by atoms with E-state index in [1.54, 1.807) is 12.1 Å². The second-order valence-corrected chi connectivity index (χ2v) is 9.87. The zero-order valence-electron chi connectivity index (χ0n) is 17.2. The summed E-state index contributed by atoms with van der Waals surface area (Å²) in [7, 11) is -9.02. The summed E-state index contributed by atoms with van der Waals surface area (Å²) in [6, 6.07) is 12.7. The fourth-order valence-corrected chi connectivity index (χ4v) is 4.47. The maximum Gasteiger partial charge on any atom is 0.356 e. The normalized spacial score (nSPS) is 12.4. The van der Waals surface area contributed by atoms with E-state index in [0.717, 1.165) is 35.0 Å². The third kappa shape index (κ3) is 4.60. The van der Waals surface area contributed by atoms with Crippen LogP contribution in [0.25, 0.3) is 16.5 Å². The lowest BCUT2D eigenvalue weighted by atomic mass is 10.1. The minimum atomic E-state index is -4.54. The number of aromatic nitrogens is 2. The molecule has 0 aliphatic heterocycles. The van der Waals surface area contributed by atoms with Gasteiger partial charge in [0.2, 0.25) is 0 Å². The zero-order chi connectivity index (χ0) is 25.5. The minimum absolute atomic E-state index is 0.0503. The van der Waals surface area contributed by atoms with Gasteiger partial charge in [0, 0.05) is 10.8 Å². The summed E-state index contributed by atoms with van der Waals surface area (Å²) in [6.07, 6.45) is 0. The van der Waals surface area contributed by atoms with Crippen molar-refractivity contribution in [3.63, 3.8) is 0 Å². The standard InChI is InChI=1S/C20H14N4O9S2/c25-19-17(18(20(26)27)23-24(19)11-5-7-12(8-6-11)34(28,29)30)22-21-15-9-10-16(35(31,32)33)14-4-2-1-3-13(14)15/h1-10,23H,(H,26,27)(H,28,29,30)(H,31,32,33). The predicted octanol–water partition coefficient (Wildman–Crippen LogP) is 2.93. The van der Waals surface area contributed by atoms with Gasteiger partial charge >= 0.3 is 5.97 Å². The monoisotopic (exact) mass is 518 g/mol. The van der Waals surface area contributed by atoms with Crippen LogP contribution < -0.4 is 5.56 Å². The predicted molar refractivity (Wildman–Crippen MR) is 121 cm³/mol. The van der Waals surface area contributed by atoms with E-state index in [0.29, 0.717) is 0 Å². The fourth-order valence-electron chi connectivity index (χ4n) is 3.29. The number of rotatable bonds is 6. The number of nitrogens with one attached hydrogen (secondary N) is 1. The van der Waals surface area contributed by atoms with E-state index < -0.39 is 48.0 Å². The smallest absolute Gasteiger partial charge is 0.356 e. The number of azo groups is 1. The van der Waals surface area contributed by atoms with Gasteiger partial charge in [-0.1, -0.05) is 24.3 Å². The molecule has 0 saturated carbocycles. The Kier molecular flexibility index (Phi) is 5.85. The molecule has 180 valence electrons. The number of benzene rings is 3. The van der Waals surface area contributed by atoms with Gasteiger partial charge in [-0.05, 0) is 36.4 Å². The van der Waals surface area contributed by atoms with Crippen molar-refractivity contribution in [1.82, 2.24) is 9.78 Å². The summed E-state index contributed by atoms with van der Waals surface area (Å²) >= 11 is 0. The molecule has 13 nitrogen and oxygen atoms in total. The van der Waals surface area contributed by atoms with E-state index in [-0.39, 0.29) is 27.0 Å². The molecule has 0 aliphatic carbocycles. The summed E-state index contributed by atoms with van der Waals surface area (Å²) in [4.78, 5) is 23.8. The molecule has 35 heavy (non-hydrogen) atoms. The number of fused-ring (bicyclic) bond motifs is 1. The van der Waals surface area contributed by atoms with Gasteiger partial charge < -0.3 is 5.11 Å². The summed E-state index contributed by atoms with van der Waals surface area (Å²) in [5, 5.41) is 20.0. The van der Waals surface area contributed by atoms with Crippen LogP contribution in [0.4, 0.5) is 11.4 Å². The lowest BCUT2D eigenvalue weighted by molar-refractivity contribution is 0.0690. The Morgan fingerprint density at radius 3 is 2.03 bits per heavy atom. The maximum atomic E-state index is 12.9. The molecule has 0 unspecified atom stereocenters. The molecular formula is C20H14N4O9S2. The molecule has 15 heteroatoms. The van der Waals surface area contributed by atoms with E-state index in [2.05, 4.69) is 15.3 Å². The van der Waals surface area contributed by atoms with Crippen LogP contribution in [0.2, 0.25) is 0 Å². The molecule has 4 N–H and O–H groups in total. The number of H-pyrrole nitrogens is 1. The number of hydrogen-bond donors (Lipinski definition) is 4. The van der Waals surface area contributed by atoms with Gasteiger partial charge in [0.15, 0.2) is 11.4 Å². The molecule has 0 fully saturated rings. The van der Waals surface area contributed by atoms with Crippen LogP contribution in [0.3, 0.4) is 0 Å². The fraction of sp³-hybridized carbons (Fsp3) is 0. The van der Waals surface area contributed by atoms with Crippen molar-refractivity contribution in [2.75, 3.05) is 0 Å². The Balaban J connectivity index is 1.83. The first-order valence-electron chi connectivity index (χ1n) is 9.45. The largest absolute Gasteiger partial charge is 0.476 e. The summed E-state index contributed by atoms with van der Waals surface area (Å²) in [5.41, 5.74) is -1.98. The zero-order valence-corrected chi connectivity index (χ0v) is 18.9. The number of carboxylic acid groups (broad SMARTS) is 1. The van der Waals surface area contributed by atoms with E-state index in [1.807, 2.05) is 0 Å². The van der Waals surface area contributed by atoms with Gasteiger partial charge in [0.05, 0.1) is 16.3 Å². The number of aromatic carboxylic acids is 1. The highest BCUT2D eigenvalue weighted by molar-refractivity contribution is 7.86. The molecule has 0 saturated heterocycles. The van der Waals surface area contributed by atoms with Crippen molar-refractivity contribution >= 4 is 48.4 Å². The highest BCUT2D eigenvalue weighted by Gasteiger charge is 2.22. The Hall–Kier alpha value is -4.18. The number of hydrogen-bond acceptors (Lipinski definition) is 8. The summed E-state index contributed by atoms with van der Waals surface area (Å²) in [6.45, 7) is 0. The second kappa shape index (κ2) is 8.55. The van der Waals surface area contributed by atoms with Crippen molar-refractivity contribution < 1.29 is 35.8 Å². The summed E-state index contributed by atoms with van der Waals surface area (Å²) in [5.74, 6) is -1.53. The van der Waals surface area contributed by atoms with Crippen LogP contribution in [-0.2, 0) is 20.2 Å². The van der Waals surface area contributed by atoms with Crippen LogP contribution in [-0.4, -0.2) is 46.8 Å². The number of carbonyl (C=O) groups is 1. The van der Waals surface area contributed by atoms with Crippen molar-refractivity contribution in [3.05, 3.63) is 76.7 Å². The third-order valence-corrected chi connectivity index (χ3v) is 6.65. The van der Waals surface area contributed by atoms with Gasteiger partial charge in [-0.15, -0.1) is 10.2 Å². The highest BCUT2D eigenvalue weighted by Crippen LogP contribution is 2.32. The van der Waals surface area contributed by atoms with Gasteiger partial charge in [-0.3, -0.25) is 19.0 Å². The first kappa shape index (κ1) is 24.0. The lowest BCUT2D eigenvalue weighted by Crippen LogP contribution is -2.14. The second-order valence-electron chi connectivity index (χ2n) is 7.05. The Morgan fingerprint density at radius 2 is 1.46 bits per heavy atom. The van der Waals surface area contributed by atoms with Crippen molar-refractivity contribution in [1.29, 1.82) is 0 Å². The van der Waals surface area contributed by atoms with Crippen LogP contribution in [0.5, 0.6) is 0 Å². The maximum absolute atomic E-state index is 12.9. The van der Waals surface area contributed by atoms with Crippen LogP contribution in [0.15, 0.2) is 85.5 Å². The first-order chi connectivity index (χ1) is 16.4. The number of carboxylic acids is 1. The van der Waals surface area contributed by atoms with Crippen molar-refractivity contribution in [2.24, 2.45) is 10.2 Å². The Bertz CT molecular complexity index is 1790. The number of aromatic amines is 1. The van der Waals surface area contributed by atoms with E-state index >= 15 is 0 Å². The molecule has 0 aliphatic rings. The lowest BCUT2D eigenvalue weighted by Gasteiger charge is -2.05. The molecule has 0 bridgehead atoms. The van der Waals surface area contributed by atoms with Crippen LogP contribution >= 0.6 is 0 Å². The first-order valence-corrected chi connectivity index (χ1v) is 12.3. The molecule has 0 atom stereocenters. The summed E-state index contributed by atoms with van der Waals surface area (Å²) < 4.78 is 65.1. The Morgan fingerprint density at radius 1 is 0.829 bits per heavy atom. The topological polar surface area (TPSA) is 209 Å². The quantitative estimate of drug-likeness (QED) is 0.218. The van der Waals surface area contributed by atoms with Gasteiger partial charge in [0.1, 0.15) is 4.90 Å². The van der Waals surface area contributed by atoms with E-state index in [4.69, 9.17) is 4.55 Å². The van der Waals surface area contributed by atoms with Gasteiger partial charge in [-0.2, -0.15) is 16.8 Å². The molecule has 4 rings (SSSR count). The van der Waals surface area contributed by atoms with Crippen LogP contribution in [0, 0.1) is 0 Å². The van der Waals surface area contributed by atoms with Crippen LogP contribution in [0.1, 0.15) is 10.5 Å². The molecular weight excluding hydrogens is 504 g/mol. The number of nitrogens with zero attached hydrogens (tertiary/aromatic N) is 3. The molecule has 0 amide bonds. The van der Waals surface area contributed by atoms with E-state index in [9.17, 15) is 36.1 Å². The molecule has 3 aromatic carbocycles. The highest BCUT2D eigenvalue weighted by atomic mass is 32.2. The SMILES string of the molecule is O=C(O)c1[nH]n(-c2ccc(S(=O)(=O)O)cc2)c(=O)c1N=Nc1ccc(S(=O)(=O)O)c2ccccc12.